The lowest BCUT2D eigenvalue weighted by Crippen LogP contribution is -2.67. The molecule has 0 aliphatic carbocycles. The van der Waals surface area contributed by atoms with Gasteiger partial charge in [-0.3, -0.25) is 4.79 Å². The van der Waals surface area contributed by atoms with Crippen LogP contribution in [0, 0.1) is 11.8 Å². The topological polar surface area (TPSA) is 63.2 Å². The maximum Gasteiger partial charge on any atom is 0.325 e. The van der Waals surface area contributed by atoms with Crippen LogP contribution < -0.4 is 10.4 Å². The number of hydrogen-bond donors (Lipinski definition) is 0. The molecule has 1 heterocycles. The fourth-order valence-corrected chi connectivity index (χ4v) is 12.8. The van der Waals surface area contributed by atoms with Crippen molar-refractivity contribution >= 4 is 48.9 Å². The molecule has 1 saturated heterocycles. The molecule has 9 heteroatoms. The predicted octanol–water partition coefficient (Wildman–Crippen LogP) is 8.63. The zero-order valence-corrected chi connectivity index (χ0v) is 35.1. The van der Waals surface area contributed by atoms with Crippen LogP contribution in [0.3, 0.4) is 0 Å². The van der Waals surface area contributed by atoms with Gasteiger partial charge in [0.1, 0.15) is 11.1 Å². The van der Waals surface area contributed by atoms with E-state index in [2.05, 4.69) is 157 Å². The molecule has 6 nitrogen and oxygen atoms in total. The molecule has 2 aromatic carbocycles. The molecule has 0 saturated carbocycles. The molecule has 0 amide bonds. The zero-order valence-electron chi connectivity index (χ0n) is 31.5. The van der Waals surface area contributed by atoms with Crippen molar-refractivity contribution in [2.75, 3.05) is 20.0 Å². The van der Waals surface area contributed by atoms with Crippen LogP contribution in [0.15, 0.2) is 72.8 Å². The molecule has 1 aliphatic heterocycles. The molecule has 0 spiro atoms. The van der Waals surface area contributed by atoms with Gasteiger partial charge in [0.05, 0.1) is 24.9 Å². The Balaban J connectivity index is 1.93. The van der Waals surface area contributed by atoms with E-state index in [-0.39, 0.29) is 53.0 Å². The molecule has 6 atom stereocenters. The lowest BCUT2D eigenvalue weighted by molar-refractivity contribution is -0.180. The highest BCUT2D eigenvalue weighted by atomic mass is 79.9. The van der Waals surface area contributed by atoms with E-state index in [1.807, 2.05) is 6.92 Å². The number of esters is 1. The van der Waals surface area contributed by atoms with E-state index < -0.39 is 21.0 Å². The Labute approximate surface area is 301 Å². The van der Waals surface area contributed by atoms with Gasteiger partial charge in [-0.25, -0.2) is 0 Å². The number of hydrogen-bond acceptors (Lipinski definition) is 6. The molecule has 3 rings (SSSR count). The van der Waals surface area contributed by atoms with Gasteiger partial charge in [-0.1, -0.05) is 144 Å². The first-order valence-corrected chi connectivity index (χ1v) is 23.1. The van der Waals surface area contributed by atoms with Crippen LogP contribution in [0.25, 0.3) is 0 Å². The fraction of sp³-hybridized carbons (Fsp3) is 0.615. The number of ether oxygens (including phenoxy) is 3. The maximum absolute atomic E-state index is 12.7. The first kappa shape index (κ1) is 40.8. The largest absolute Gasteiger partial charge is 0.465 e. The van der Waals surface area contributed by atoms with Crippen LogP contribution in [0.1, 0.15) is 75.7 Å². The number of carbonyl (C=O) groups excluding carboxylic acids is 1. The summed E-state index contributed by atoms with van der Waals surface area (Å²) >= 11 is 3.59. The number of alkyl halides is 1. The molecule has 1 aliphatic rings. The molecule has 0 aromatic heterocycles. The van der Waals surface area contributed by atoms with E-state index in [1.54, 1.807) is 6.92 Å². The summed E-state index contributed by atoms with van der Waals surface area (Å²) in [6.07, 6.45) is 4.22. The third kappa shape index (κ3) is 9.59. The fourth-order valence-electron chi connectivity index (χ4n) is 6.25. The van der Waals surface area contributed by atoms with Gasteiger partial charge < -0.3 is 23.1 Å². The van der Waals surface area contributed by atoms with Gasteiger partial charge >= 0.3 is 5.97 Å². The predicted molar refractivity (Wildman–Crippen MR) is 206 cm³/mol. The second-order valence-corrected chi connectivity index (χ2v) is 26.8. The van der Waals surface area contributed by atoms with Crippen molar-refractivity contribution in [3.05, 3.63) is 72.8 Å². The van der Waals surface area contributed by atoms with Crippen molar-refractivity contribution in [3.8, 4) is 0 Å². The van der Waals surface area contributed by atoms with Gasteiger partial charge in [0.15, 0.2) is 8.32 Å². The van der Waals surface area contributed by atoms with Crippen molar-refractivity contribution in [2.24, 2.45) is 11.8 Å². The zero-order chi connectivity index (χ0) is 36.0. The van der Waals surface area contributed by atoms with Gasteiger partial charge in [-0.15, -0.1) is 0 Å². The summed E-state index contributed by atoms with van der Waals surface area (Å²) in [5.41, 5.74) is 0. The lowest BCUT2D eigenvalue weighted by Gasteiger charge is -2.45. The molecule has 0 unspecified atom stereocenters. The van der Waals surface area contributed by atoms with Crippen LogP contribution in [0.5, 0.6) is 0 Å². The van der Waals surface area contributed by atoms with Crippen LogP contribution in [0.2, 0.25) is 23.2 Å². The normalized spacial score (nSPS) is 21.4. The molecule has 48 heavy (non-hydrogen) atoms. The third-order valence-electron chi connectivity index (χ3n) is 10.2. The molecule has 0 bridgehead atoms. The summed E-state index contributed by atoms with van der Waals surface area (Å²) in [6, 6.07) is 21.6. The van der Waals surface area contributed by atoms with Crippen LogP contribution in [-0.4, -0.2) is 65.2 Å². The Kier molecular flexibility index (Phi) is 14.1. The van der Waals surface area contributed by atoms with Crippen LogP contribution >= 0.6 is 15.9 Å². The van der Waals surface area contributed by atoms with Crippen LogP contribution in [0.4, 0.5) is 0 Å². The van der Waals surface area contributed by atoms with Gasteiger partial charge in [-0.2, -0.15) is 0 Å². The molecule has 2 aromatic rings. The Morgan fingerprint density at radius 3 is 1.94 bits per heavy atom. The first-order chi connectivity index (χ1) is 22.3. The standard InChI is InChI=1S/C39H61BrO6Si2/c1-13-42-36(41)39(10,40)34-26-31(43-28-44-34)25-24-29(2)35(46-47(11,12)37(4,5)6)30(3)27-45-48(38(7,8)9,32-20-16-14-17-21-32)33-22-18-15-19-23-33/h14-25,29-31,34-35H,13,26-28H2,1-12H3/b25-24-/t29-,30-,31-,34+,35-,39-/m0/s1. The van der Waals surface area contributed by atoms with E-state index in [0.29, 0.717) is 19.6 Å². The molecule has 268 valence electrons. The second kappa shape index (κ2) is 16.6. The average Bonchev–Trinajstić information content (AvgIpc) is 3.02. The molecular weight excluding hydrogens is 700 g/mol. The maximum atomic E-state index is 12.7. The second-order valence-electron chi connectivity index (χ2n) is 16.0. The van der Waals surface area contributed by atoms with Crippen molar-refractivity contribution < 1.29 is 27.9 Å². The highest BCUT2D eigenvalue weighted by Gasteiger charge is 2.51. The van der Waals surface area contributed by atoms with E-state index in [9.17, 15) is 4.79 Å². The molecule has 0 N–H and O–H groups in total. The quantitative estimate of drug-likeness (QED) is 0.0832. The van der Waals surface area contributed by atoms with E-state index in [0.717, 1.165) is 0 Å². The molecular formula is C39H61BrO6Si2. The summed E-state index contributed by atoms with van der Waals surface area (Å²) < 4.78 is 30.9. The average molecular weight is 762 g/mol. The summed E-state index contributed by atoms with van der Waals surface area (Å²) in [5.74, 6) is -0.133. The smallest absolute Gasteiger partial charge is 0.325 e. The number of rotatable bonds is 14. The highest BCUT2D eigenvalue weighted by molar-refractivity contribution is 9.10. The minimum atomic E-state index is -2.71. The summed E-state index contributed by atoms with van der Waals surface area (Å²) in [6.45, 7) is 27.6. The Morgan fingerprint density at radius 2 is 1.46 bits per heavy atom. The van der Waals surface area contributed by atoms with Crippen molar-refractivity contribution in [1.29, 1.82) is 0 Å². The van der Waals surface area contributed by atoms with E-state index in [1.165, 1.54) is 10.4 Å². The Bertz CT molecular complexity index is 1280. The first-order valence-electron chi connectivity index (χ1n) is 17.5. The van der Waals surface area contributed by atoms with Crippen molar-refractivity contribution in [1.82, 2.24) is 0 Å². The van der Waals surface area contributed by atoms with Crippen molar-refractivity contribution in [3.63, 3.8) is 0 Å². The van der Waals surface area contributed by atoms with Gasteiger partial charge in [0.25, 0.3) is 8.32 Å². The monoisotopic (exact) mass is 760 g/mol. The molecule has 1 fully saturated rings. The minimum absolute atomic E-state index is 0.0533. The van der Waals surface area contributed by atoms with E-state index in [4.69, 9.17) is 23.1 Å². The summed E-state index contributed by atoms with van der Waals surface area (Å²) in [7, 11) is -4.86. The number of benzene rings is 2. The highest BCUT2D eigenvalue weighted by Crippen LogP contribution is 2.41. The number of carbonyl (C=O) groups is 1. The van der Waals surface area contributed by atoms with Gasteiger partial charge in [0, 0.05) is 18.9 Å². The van der Waals surface area contributed by atoms with E-state index >= 15 is 0 Å². The Morgan fingerprint density at radius 1 is 0.917 bits per heavy atom. The summed E-state index contributed by atoms with van der Waals surface area (Å²) in [5, 5.41) is 2.50. The number of halogens is 1. The van der Waals surface area contributed by atoms with Gasteiger partial charge in [-0.05, 0) is 53.3 Å². The SMILES string of the molecule is CCOC(=O)[C@@](C)(Br)[C@H]1C[C@H](/C=C\[C@H](C)[C@H](O[Si](C)(C)C(C)(C)C)[C@@H](C)CO[Si](c2ccccc2)(c2ccccc2)C(C)(C)C)OCO1. The van der Waals surface area contributed by atoms with Gasteiger partial charge in [0.2, 0.25) is 0 Å². The lowest BCUT2D eigenvalue weighted by atomic mass is 9.92. The van der Waals surface area contributed by atoms with Crippen LogP contribution in [-0.2, 0) is 27.9 Å². The Hall–Kier alpha value is -1.60. The summed E-state index contributed by atoms with van der Waals surface area (Å²) in [4.78, 5) is 12.7. The third-order valence-corrected chi connectivity index (χ3v) is 20.5. The molecule has 0 radical (unpaired) electrons. The minimum Gasteiger partial charge on any atom is -0.465 e. The van der Waals surface area contributed by atoms with Crippen molar-refractivity contribution in [2.45, 2.75) is 121 Å².